The fourth-order valence-corrected chi connectivity index (χ4v) is 1.11. The highest BCUT2D eigenvalue weighted by Crippen LogP contribution is 2.12. The van der Waals surface area contributed by atoms with Gasteiger partial charge in [0.1, 0.15) is 5.82 Å². The van der Waals surface area contributed by atoms with Crippen molar-refractivity contribution in [1.29, 1.82) is 0 Å². The molecule has 0 fully saturated rings. The van der Waals surface area contributed by atoms with Crippen LogP contribution in [0.1, 0.15) is 22.8 Å². The highest BCUT2D eigenvalue weighted by Gasteiger charge is 2.06. The second-order valence-electron chi connectivity index (χ2n) is 2.88. The molecule has 0 saturated carbocycles. The minimum absolute atomic E-state index is 0.0742. The van der Waals surface area contributed by atoms with Gasteiger partial charge in [-0.2, -0.15) is 0 Å². The van der Waals surface area contributed by atoms with E-state index >= 15 is 0 Å². The Bertz CT molecular complexity index is 370. The number of aliphatic hydroxyl groups excluding tert-OH is 1. The zero-order valence-electron chi connectivity index (χ0n) is 7.83. The summed E-state index contributed by atoms with van der Waals surface area (Å²) < 4.78 is 13.0. The molecule has 0 bridgehead atoms. The van der Waals surface area contributed by atoms with Crippen LogP contribution in [0.3, 0.4) is 0 Å². The van der Waals surface area contributed by atoms with Crippen molar-refractivity contribution in [3.05, 3.63) is 41.2 Å². The maximum Gasteiger partial charge on any atom is 0.162 e. The predicted molar refractivity (Wildman–Crippen MR) is 52.5 cm³/mol. The van der Waals surface area contributed by atoms with Crippen molar-refractivity contribution in [1.82, 2.24) is 0 Å². The summed E-state index contributed by atoms with van der Waals surface area (Å²) >= 11 is 0. The first-order valence-electron chi connectivity index (χ1n) is 4.23. The van der Waals surface area contributed by atoms with Gasteiger partial charge in [-0.1, -0.05) is 18.2 Å². The number of aliphatic hydroxyl groups is 1. The molecular formula is C11H11FO2. The lowest BCUT2D eigenvalue weighted by Crippen LogP contribution is -1.97. The Kier molecular flexibility index (Phi) is 3.54. The number of Topliss-reactive ketones (excluding diaryl/α,β-unsaturated/α-hetero) is 1. The Morgan fingerprint density at radius 2 is 2.29 bits per heavy atom. The molecule has 0 spiro atoms. The Morgan fingerprint density at radius 1 is 1.57 bits per heavy atom. The third-order valence-corrected chi connectivity index (χ3v) is 1.79. The molecule has 0 radical (unpaired) electrons. The molecular weight excluding hydrogens is 183 g/mol. The van der Waals surface area contributed by atoms with E-state index in [4.69, 9.17) is 5.11 Å². The van der Waals surface area contributed by atoms with Crippen LogP contribution in [0.4, 0.5) is 4.39 Å². The van der Waals surface area contributed by atoms with Crippen LogP contribution in [0.5, 0.6) is 0 Å². The molecule has 0 amide bonds. The van der Waals surface area contributed by atoms with E-state index in [-0.39, 0.29) is 18.0 Å². The lowest BCUT2D eigenvalue weighted by molar-refractivity contribution is 0.101. The largest absolute Gasteiger partial charge is 0.392 e. The molecule has 1 aromatic rings. The van der Waals surface area contributed by atoms with E-state index in [1.54, 1.807) is 12.1 Å². The number of ketones is 1. The zero-order valence-corrected chi connectivity index (χ0v) is 7.83. The van der Waals surface area contributed by atoms with Gasteiger partial charge < -0.3 is 5.11 Å². The van der Waals surface area contributed by atoms with Crippen molar-refractivity contribution in [2.24, 2.45) is 0 Å². The number of halogens is 1. The summed E-state index contributed by atoms with van der Waals surface area (Å²) in [5.41, 5.74) is 0.774. The van der Waals surface area contributed by atoms with Crippen molar-refractivity contribution >= 4 is 11.9 Å². The van der Waals surface area contributed by atoms with Crippen molar-refractivity contribution < 1.29 is 14.3 Å². The third-order valence-electron chi connectivity index (χ3n) is 1.79. The molecule has 0 aliphatic carbocycles. The predicted octanol–water partition coefficient (Wildman–Crippen LogP) is 2.03. The van der Waals surface area contributed by atoms with Crippen LogP contribution in [-0.2, 0) is 0 Å². The van der Waals surface area contributed by atoms with Gasteiger partial charge in [-0.05, 0) is 24.6 Å². The Labute approximate surface area is 81.7 Å². The van der Waals surface area contributed by atoms with Gasteiger partial charge in [0.25, 0.3) is 0 Å². The first-order chi connectivity index (χ1) is 6.65. The van der Waals surface area contributed by atoms with Gasteiger partial charge in [0.2, 0.25) is 0 Å². The number of hydrogen-bond donors (Lipinski definition) is 1. The van der Waals surface area contributed by atoms with E-state index < -0.39 is 5.82 Å². The number of benzene rings is 1. The maximum atomic E-state index is 13.0. The molecule has 1 aromatic carbocycles. The Hall–Kier alpha value is -1.48. The van der Waals surface area contributed by atoms with Crippen LogP contribution in [0.2, 0.25) is 0 Å². The average Bonchev–Trinajstić information content (AvgIpc) is 2.16. The third kappa shape index (κ3) is 2.50. The van der Waals surface area contributed by atoms with E-state index in [1.165, 1.54) is 25.1 Å². The summed E-state index contributed by atoms with van der Waals surface area (Å²) in [5.74, 6) is -0.819. The highest BCUT2D eigenvalue weighted by molar-refractivity contribution is 5.94. The van der Waals surface area contributed by atoms with Gasteiger partial charge in [0.15, 0.2) is 5.78 Å². The highest BCUT2D eigenvalue weighted by atomic mass is 19.1. The molecule has 0 aliphatic rings. The van der Waals surface area contributed by atoms with Crippen LogP contribution in [0.25, 0.3) is 6.08 Å². The lowest BCUT2D eigenvalue weighted by atomic mass is 10.1. The molecule has 74 valence electrons. The minimum atomic E-state index is -0.515. The molecule has 1 N–H and O–H groups in total. The van der Waals surface area contributed by atoms with Crippen molar-refractivity contribution in [3.63, 3.8) is 0 Å². The van der Waals surface area contributed by atoms with Crippen molar-refractivity contribution in [3.8, 4) is 0 Å². The van der Waals surface area contributed by atoms with E-state index in [0.717, 1.165) is 0 Å². The SMILES string of the molecule is CC(=O)c1cc(C=CCO)ccc1F. The zero-order chi connectivity index (χ0) is 10.6. The second kappa shape index (κ2) is 4.67. The first-order valence-corrected chi connectivity index (χ1v) is 4.23. The van der Waals surface area contributed by atoms with Gasteiger partial charge in [0, 0.05) is 0 Å². The normalized spacial score (nSPS) is 10.8. The van der Waals surface area contributed by atoms with Crippen molar-refractivity contribution in [2.75, 3.05) is 6.61 Å². The number of carbonyl (C=O) groups excluding carboxylic acids is 1. The summed E-state index contributed by atoms with van der Waals surface area (Å²) in [6, 6.07) is 4.26. The second-order valence-corrected chi connectivity index (χ2v) is 2.88. The number of carbonyl (C=O) groups is 1. The molecule has 1 rings (SSSR count). The van der Waals surface area contributed by atoms with Crippen LogP contribution < -0.4 is 0 Å². The topological polar surface area (TPSA) is 37.3 Å². The molecule has 0 aromatic heterocycles. The van der Waals surface area contributed by atoms with Crippen LogP contribution in [0.15, 0.2) is 24.3 Å². The molecule has 0 aliphatic heterocycles. The van der Waals surface area contributed by atoms with Crippen LogP contribution >= 0.6 is 0 Å². The van der Waals surface area contributed by atoms with Crippen molar-refractivity contribution in [2.45, 2.75) is 6.92 Å². The van der Waals surface area contributed by atoms with Gasteiger partial charge >= 0.3 is 0 Å². The minimum Gasteiger partial charge on any atom is -0.392 e. The summed E-state index contributed by atoms with van der Waals surface area (Å²) in [7, 11) is 0. The van der Waals surface area contributed by atoms with Gasteiger partial charge in [-0.15, -0.1) is 0 Å². The molecule has 3 heteroatoms. The molecule has 2 nitrogen and oxygen atoms in total. The van der Waals surface area contributed by atoms with E-state index in [1.807, 2.05) is 0 Å². The van der Waals surface area contributed by atoms with Crippen LogP contribution in [-0.4, -0.2) is 17.5 Å². The first kappa shape index (κ1) is 10.6. The number of hydrogen-bond acceptors (Lipinski definition) is 2. The summed E-state index contributed by atoms with van der Waals surface area (Å²) in [6.07, 6.45) is 3.16. The molecule has 0 atom stereocenters. The van der Waals surface area contributed by atoms with E-state index in [0.29, 0.717) is 5.56 Å². The van der Waals surface area contributed by atoms with Gasteiger partial charge in [-0.3, -0.25) is 4.79 Å². The summed E-state index contributed by atoms with van der Waals surface area (Å²) in [5, 5.41) is 8.53. The average molecular weight is 194 g/mol. The molecule has 14 heavy (non-hydrogen) atoms. The fourth-order valence-electron chi connectivity index (χ4n) is 1.11. The molecule has 0 heterocycles. The van der Waals surface area contributed by atoms with Gasteiger partial charge in [0.05, 0.1) is 12.2 Å². The van der Waals surface area contributed by atoms with E-state index in [9.17, 15) is 9.18 Å². The smallest absolute Gasteiger partial charge is 0.162 e. The maximum absolute atomic E-state index is 13.0. The molecule has 0 saturated heterocycles. The summed E-state index contributed by atoms with van der Waals surface area (Å²) in [4.78, 5) is 11.0. The van der Waals surface area contributed by atoms with Gasteiger partial charge in [-0.25, -0.2) is 4.39 Å². The van der Waals surface area contributed by atoms with E-state index in [2.05, 4.69) is 0 Å². The summed E-state index contributed by atoms with van der Waals surface area (Å²) in [6.45, 7) is 1.24. The monoisotopic (exact) mass is 194 g/mol. The Morgan fingerprint density at radius 3 is 2.86 bits per heavy atom. The number of rotatable bonds is 3. The quantitative estimate of drug-likeness (QED) is 0.747. The van der Waals surface area contributed by atoms with Crippen LogP contribution in [0, 0.1) is 5.82 Å². The molecule has 0 unspecified atom stereocenters. The standard InChI is InChI=1S/C11H11FO2/c1-8(14)10-7-9(3-2-6-13)4-5-11(10)12/h2-5,7,13H,6H2,1H3. The lowest BCUT2D eigenvalue weighted by Gasteiger charge is -1.99. The Balaban J connectivity index is 3.06. The fraction of sp³-hybridized carbons (Fsp3) is 0.182.